The van der Waals surface area contributed by atoms with Gasteiger partial charge in [-0.2, -0.15) is 5.10 Å². The van der Waals surface area contributed by atoms with Crippen molar-refractivity contribution in [2.45, 2.75) is 19.9 Å². The molecule has 2 aromatic rings. The van der Waals surface area contributed by atoms with E-state index >= 15 is 0 Å². The molecule has 0 unspecified atom stereocenters. The van der Waals surface area contributed by atoms with Crippen molar-refractivity contribution < 1.29 is 4.79 Å². The van der Waals surface area contributed by atoms with E-state index in [4.69, 9.17) is 5.73 Å². The van der Waals surface area contributed by atoms with Gasteiger partial charge in [0.05, 0.1) is 10.7 Å². The number of nitrogens with two attached hydrogens (primary N) is 1. The molecular weight excluding hydrogens is 308 g/mol. The number of hydrogen-bond acceptors (Lipinski definition) is 3. The first-order chi connectivity index (χ1) is 9.06. The Morgan fingerprint density at radius 2 is 2.32 bits per heavy atom. The highest BCUT2D eigenvalue weighted by molar-refractivity contribution is 9.10. The number of nitrogens with one attached hydrogen (secondary N) is 1. The van der Waals surface area contributed by atoms with E-state index in [9.17, 15) is 4.79 Å². The van der Waals surface area contributed by atoms with E-state index in [1.54, 1.807) is 10.9 Å². The fourth-order valence-corrected chi connectivity index (χ4v) is 2.01. The number of nitrogens with zero attached hydrogens (tertiary/aromatic N) is 2. The van der Waals surface area contributed by atoms with Gasteiger partial charge in [-0.3, -0.25) is 9.48 Å². The molecule has 0 saturated heterocycles. The van der Waals surface area contributed by atoms with Crippen molar-refractivity contribution in [3.8, 4) is 0 Å². The zero-order valence-electron chi connectivity index (χ0n) is 10.6. The van der Waals surface area contributed by atoms with Crippen LogP contribution in [0.2, 0.25) is 0 Å². The zero-order chi connectivity index (χ0) is 13.8. The Kier molecular flexibility index (Phi) is 4.21. The zero-order valence-corrected chi connectivity index (χ0v) is 12.1. The van der Waals surface area contributed by atoms with Crippen LogP contribution >= 0.6 is 15.9 Å². The predicted molar refractivity (Wildman–Crippen MR) is 78.8 cm³/mol. The van der Waals surface area contributed by atoms with E-state index in [0.717, 1.165) is 15.7 Å². The topological polar surface area (TPSA) is 72.9 Å². The molecular formula is C13H15BrN4O. The maximum absolute atomic E-state index is 11.9. The average Bonchev–Trinajstić information content (AvgIpc) is 2.78. The molecule has 1 amide bonds. The number of carbonyl (C=O) groups is 1. The molecule has 0 aliphatic rings. The summed E-state index contributed by atoms with van der Waals surface area (Å²) < 4.78 is 2.62. The number of anilines is 2. The van der Waals surface area contributed by atoms with Crippen molar-refractivity contribution in [2.24, 2.45) is 0 Å². The van der Waals surface area contributed by atoms with Crippen LogP contribution in [0.4, 0.5) is 11.4 Å². The van der Waals surface area contributed by atoms with Crippen LogP contribution in [-0.4, -0.2) is 15.7 Å². The summed E-state index contributed by atoms with van der Waals surface area (Å²) in [6.07, 6.45) is 3.89. The second-order valence-electron chi connectivity index (χ2n) is 4.24. The van der Waals surface area contributed by atoms with Crippen molar-refractivity contribution in [3.63, 3.8) is 0 Å². The number of carbonyl (C=O) groups excluding carboxylic acids is 1. The quantitative estimate of drug-likeness (QED) is 0.850. The Labute approximate surface area is 119 Å². The molecule has 1 aromatic heterocycles. The lowest BCUT2D eigenvalue weighted by atomic mass is 10.1. The van der Waals surface area contributed by atoms with Crippen LogP contribution in [0.5, 0.6) is 0 Å². The molecule has 0 aliphatic heterocycles. The Morgan fingerprint density at radius 1 is 1.53 bits per heavy atom. The largest absolute Gasteiger partial charge is 0.398 e. The molecule has 0 atom stereocenters. The number of halogens is 1. The smallest absolute Gasteiger partial charge is 0.226 e. The molecule has 1 aromatic carbocycles. The third kappa shape index (κ3) is 3.57. The summed E-state index contributed by atoms with van der Waals surface area (Å²) in [6, 6.07) is 5.48. The summed E-state index contributed by atoms with van der Waals surface area (Å²) in [7, 11) is 0. The van der Waals surface area contributed by atoms with Crippen molar-refractivity contribution >= 4 is 33.2 Å². The summed E-state index contributed by atoms with van der Waals surface area (Å²) in [5, 5.41) is 6.95. The first-order valence-electron chi connectivity index (χ1n) is 5.89. The van der Waals surface area contributed by atoms with Crippen LogP contribution < -0.4 is 11.1 Å². The monoisotopic (exact) mass is 322 g/mol. The SMILES string of the molecule is Cc1c(N)cccc1NC(=O)CCn1cc(Br)cn1. The van der Waals surface area contributed by atoms with Gasteiger partial charge in [0.1, 0.15) is 0 Å². The molecule has 0 fully saturated rings. The van der Waals surface area contributed by atoms with E-state index in [1.807, 2.05) is 31.3 Å². The van der Waals surface area contributed by atoms with E-state index in [1.165, 1.54) is 0 Å². The summed E-state index contributed by atoms with van der Waals surface area (Å²) in [6.45, 7) is 2.42. The van der Waals surface area contributed by atoms with Crippen molar-refractivity contribution in [1.82, 2.24) is 9.78 Å². The van der Waals surface area contributed by atoms with Crippen LogP contribution in [0.25, 0.3) is 0 Å². The molecule has 0 bridgehead atoms. The van der Waals surface area contributed by atoms with Gasteiger partial charge in [0.15, 0.2) is 0 Å². The van der Waals surface area contributed by atoms with E-state index in [0.29, 0.717) is 18.7 Å². The summed E-state index contributed by atoms with van der Waals surface area (Å²) in [5.74, 6) is -0.0553. The second kappa shape index (κ2) is 5.88. The number of amides is 1. The Hall–Kier alpha value is -1.82. The number of benzene rings is 1. The molecule has 0 saturated carbocycles. The number of hydrogen-bond donors (Lipinski definition) is 2. The number of rotatable bonds is 4. The molecule has 0 spiro atoms. The van der Waals surface area contributed by atoms with Crippen molar-refractivity contribution in [3.05, 3.63) is 40.6 Å². The number of nitrogen functional groups attached to an aromatic ring is 1. The van der Waals surface area contributed by atoms with Gasteiger partial charge in [0.25, 0.3) is 0 Å². The normalized spacial score (nSPS) is 10.4. The van der Waals surface area contributed by atoms with Crippen LogP contribution in [0.15, 0.2) is 35.1 Å². The van der Waals surface area contributed by atoms with Crippen molar-refractivity contribution in [2.75, 3.05) is 11.1 Å². The molecule has 0 radical (unpaired) electrons. The maximum atomic E-state index is 11.9. The first-order valence-corrected chi connectivity index (χ1v) is 6.68. The number of aryl methyl sites for hydroxylation is 1. The molecule has 5 nitrogen and oxygen atoms in total. The highest BCUT2D eigenvalue weighted by Crippen LogP contribution is 2.20. The summed E-state index contributed by atoms with van der Waals surface area (Å²) in [5.41, 5.74) is 8.11. The van der Waals surface area contributed by atoms with E-state index < -0.39 is 0 Å². The molecule has 3 N–H and O–H groups in total. The lowest BCUT2D eigenvalue weighted by molar-refractivity contribution is -0.116. The third-order valence-corrected chi connectivity index (χ3v) is 3.23. The highest BCUT2D eigenvalue weighted by Gasteiger charge is 2.07. The maximum Gasteiger partial charge on any atom is 0.226 e. The highest BCUT2D eigenvalue weighted by atomic mass is 79.9. The molecule has 6 heteroatoms. The van der Waals surface area contributed by atoms with Gasteiger partial charge in [-0.15, -0.1) is 0 Å². The third-order valence-electron chi connectivity index (χ3n) is 2.82. The minimum Gasteiger partial charge on any atom is -0.398 e. The minimum atomic E-state index is -0.0553. The predicted octanol–water partition coefficient (Wildman–Crippen LogP) is 2.57. The first kappa shape index (κ1) is 13.6. The van der Waals surface area contributed by atoms with Crippen LogP contribution in [0.1, 0.15) is 12.0 Å². The van der Waals surface area contributed by atoms with E-state index in [-0.39, 0.29) is 5.91 Å². The molecule has 1 heterocycles. The van der Waals surface area contributed by atoms with Crippen LogP contribution in [-0.2, 0) is 11.3 Å². The van der Waals surface area contributed by atoms with Gasteiger partial charge >= 0.3 is 0 Å². The Morgan fingerprint density at radius 3 is 3.00 bits per heavy atom. The molecule has 19 heavy (non-hydrogen) atoms. The molecule has 2 rings (SSSR count). The number of aromatic nitrogens is 2. The molecule has 0 aliphatic carbocycles. The summed E-state index contributed by atoms with van der Waals surface area (Å²) in [4.78, 5) is 11.9. The lowest BCUT2D eigenvalue weighted by Gasteiger charge is -2.10. The Balaban J connectivity index is 1.92. The van der Waals surface area contributed by atoms with Gasteiger partial charge in [-0.1, -0.05) is 6.07 Å². The van der Waals surface area contributed by atoms with Crippen LogP contribution in [0, 0.1) is 6.92 Å². The van der Waals surface area contributed by atoms with Crippen LogP contribution in [0.3, 0.4) is 0 Å². The van der Waals surface area contributed by atoms with E-state index in [2.05, 4.69) is 26.3 Å². The fraction of sp³-hybridized carbons (Fsp3) is 0.231. The average molecular weight is 323 g/mol. The van der Waals surface area contributed by atoms with Gasteiger partial charge in [0.2, 0.25) is 5.91 Å². The van der Waals surface area contributed by atoms with Crippen molar-refractivity contribution in [1.29, 1.82) is 0 Å². The fourth-order valence-electron chi connectivity index (χ4n) is 1.68. The standard InChI is InChI=1S/C13H15BrN4O/c1-9-11(15)3-2-4-12(9)17-13(19)5-6-18-8-10(14)7-16-18/h2-4,7-8H,5-6,15H2,1H3,(H,17,19). The van der Waals surface area contributed by atoms with Gasteiger partial charge < -0.3 is 11.1 Å². The Bertz CT molecular complexity index is 594. The van der Waals surface area contributed by atoms with Gasteiger partial charge in [0, 0.05) is 30.5 Å². The summed E-state index contributed by atoms with van der Waals surface area (Å²) >= 11 is 3.31. The van der Waals surface area contributed by atoms with Gasteiger partial charge in [-0.25, -0.2) is 0 Å². The molecule has 100 valence electrons. The lowest BCUT2D eigenvalue weighted by Crippen LogP contribution is -2.15. The minimum absolute atomic E-state index is 0.0553. The van der Waals surface area contributed by atoms with Gasteiger partial charge in [-0.05, 0) is 40.5 Å². The second-order valence-corrected chi connectivity index (χ2v) is 5.16.